The molecule has 9 nitrogen and oxygen atoms in total. The first kappa shape index (κ1) is 38.3. The second-order valence-corrected chi connectivity index (χ2v) is 7.78. The van der Waals surface area contributed by atoms with E-state index in [9.17, 15) is 0 Å². The Kier molecular flexibility index (Phi) is 24.4. The average Bonchev–Trinajstić information content (AvgIpc) is 2.97. The Morgan fingerprint density at radius 3 is 2.00 bits per heavy atom. The highest BCUT2D eigenvalue weighted by Gasteiger charge is 2.06. The van der Waals surface area contributed by atoms with Gasteiger partial charge in [0, 0.05) is 45.0 Å². The molecule has 2 rings (SSSR count). The van der Waals surface area contributed by atoms with Crippen LogP contribution in [-0.4, -0.2) is 77.1 Å². The van der Waals surface area contributed by atoms with Crippen LogP contribution in [0.1, 0.15) is 27.2 Å². The van der Waals surface area contributed by atoms with E-state index in [4.69, 9.17) is 31.2 Å². The molecule has 0 radical (unpaired) electrons. The lowest BCUT2D eigenvalue weighted by Crippen LogP contribution is -2.31. The van der Waals surface area contributed by atoms with Gasteiger partial charge in [0.25, 0.3) is 0 Å². The molecule has 0 aromatic heterocycles. The van der Waals surface area contributed by atoms with Crippen LogP contribution in [0.4, 0.5) is 11.4 Å². The van der Waals surface area contributed by atoms with Gasteiger partial charge in [0.2, 0.25) is 0 Å². The number of aliphatic imine (C=N–C) groups is 2. The second-order valence-electron chi connectivity index (χ2n) is 7.19. The molecule has 0 aliphatic heterocycles. The largest absolute Gasteiger partial charge is 0.493 e. The van der Waals surface area contributed by atoms with Crippen molar-refractivity contribution in [3.63, 3.8) is 0 Å². The van der Waals surface area contributed by atoms with Crippen LogP contribution in [0.3, 0.4) is 0 Å². The molecule has 0 amide bonds. The van der Waals surface area contributed by atoms with E-state index < -0.39 is 0 Å². The lowest BCUT2D eigenvalue weighted by molar-refractivity contribution is 0.355. The summed E-state index contributed by atoms with van der Waals surface area (Å²) in [6.07, 6.45) is 7.37. The highest BCUT2D eigenvalue weighted by molar-refractivity contribution is 7.80. The molecule has 2 N–H and O–H groups in total. The van der Waals surface area contributed by atoms with Crippen molar-refractivity contribution in [1.29, 1.82) is 0 Å². The fourth-order valence-electron chi connectivity index (χ4n) is 2.82. The first-order valence-corrected chi connectivity index (χ1v) is 13.2. The smallest absolute Gasteiger partial charge is 0.170 e. The minimum Gasteiger partial charge on any atom is -0.493 e. The van der Waals surface area contributed by atoms with Crippen LogP contribution in [0, 0.1) is 12.3 Å². The first-order chi connectivity index (χ1) is 19.3. The molecule has 0 fully saturated rings. The number of nitrogens with zero attached hydrogens (tertiary/aromatic N) is 3. The van der Waals surface area contributed by atoms with Crippen LogP contribution >= 0.6 is 24.4 Å². The minimum atomic E-state index is 0.582. The fourth-order valence-corrected chi connectivity index (χ4v) is 3.15. The summed E-state index contributed by atoms with van der Waals surface area (Å²) in [6, 6.07) is 10.9. The van der Waals surface area contributed by atoms with Crippen molar-refractivity contribution in [2.75, 3.05) is 60.9 Å². The van der Waals surface area contributed by atoms with Gasteiger partial charge < -0.3 is 34.5 Å². The quantitative estimate of drug-likeness (QED) is 0.107. The molecular formula is C29H43N5O4S2. The van der Waals surface area contributed by atoms with Crippen molar-refractivity contribution in [2.24, 2.45) is 9.98 Å². The van der Waals surface area contributed by atoms with Gasteiger partial charge in [0.05, 0.1) is 45.6 Å². The molecule has 0 atom stereocenters. The van der Waals surface area contributed by atoms with Crippen molar-refractivity contribution >= 4 is 52.4 Å². The second kappa shape index (κ2) is 25.4. The summed E-state index contributed by atoms with van der Waals surface area (Å²) in [7, 11) is 10.1. The van der Waals surface area contributed by atoms with Gasteiger partial charge in [0.1, 0.15) is 0 Å². The summed E-state index contributed by atoms with van der Waals surface area (Å²) in [6.45, 7) is 7.37. The number of rotatable bonds is 11. The molecule has 0 aliphatic carbocycles. The summed E-state index contributed by atoms with van der Waals surface area (Å²) >= 11 is 9.76. The summed E-state index contributed by atoms with van der Waals surface area (Å²) in [5.41, 5.74) is 1.55. The maximum Gasteiger partial charge on any atom is 0.170 e. The zero-order valence-electron chi connectivity index (χ0n) is 25.0. The van der Waals surface area contributed by atoms with Crippen LogP contribution in [0.2, 0.25) is 0 Å². The van der Waals surface area contributed by atoms with Gasteiger partial charge >= 0.3 is 0 Å². The van der Waals surface area contributed by atoms with Crippen molar-refractivity contribution in [3.8, 4) is 35.3 Å². The summed E-state index contributed by atoms with van der Waals surface area (Å²) in [4.78, 5) is 9.81. The Morgan fingerprint density at radius 1 is 0.975 bits per heavy atom. The number of benzene rings is 2. The molecule has 220 valence electrons. The monoisotopic (exact) mass is 589 g/mol. The zero-order chi connectivity index (χ0) is 30.8. The minimum absolute atomic E-state index is 0.582. The summed E-state index contributed by atoms with van der Waals surface area (Å²) < 4.78 is 20.6. The van der Waals surface area contributed by atoms with E-state index in [-0.39, 0.29) is 0 Å². The molecule has 0 unspecified atom stereocenters. The molecule has 0 heterocycles. The topological polar surface area (TPSA) is 88.9 Å². The Morgan fingerprint density at radius 2 is 1.50 bits per heavy atom. The lowest BCUT2D eigenvalue weighted by atomic mass is 10.3. The third-order valence-electron chi connectivity index (χ3n) is 4.47. The van der Waals surface area contributed by atoms with Crippen molar-refractivity contribution in [2.45, 2.75) is 27.2 Å². The van der Waals surface area contributed by atoms with E-state index in [0.29, 0.717) is 33.8 Å². The van der Waals surface area contributed by atoms with Gasteiger partial charge in [-0.2, -0.15) is 4.99 Å². The van der Waals surface area contributed by atoms with Gasteiger partial charge in [-0.3, -0.25) is 4.99 Å². The van der Waals surface area contributed by atoms with E-state index in [1.54, 1.807) is 66.9 Å². The number of hydrogen-bond acceptors (Lipinski definition) is 8. The Balaban J connectivity index is 0. The normalized spacial score (nSPS) is 8.90. The highest BCUT2D eigenvalue weighted by atomic mass is 32.1. The van der Waals surface area contributed by atoms with E-state index in [0.717, 1.165) is 25.2 Å². The van der Waals surface area contributed by atoms with E-state index >= 15 is 0 Å². The Hall–Kier alpha value is -3.84. The molecule has 2 aromatic rings. The van der Waals surface area contributed by atoms with E-state index in [1.165, 1.54) is 0 Å². The van der Waals surface area contributed by atoms with Crippen LogP contribution in [0.15, 0.2) is 46.4 Å². The Labute approximate surface area is 251 Å². The zero-order valence-corrected chi connectivity index (χ0v) is 26.7. The number of anilines is 1. The maximum atomic E-state index is 5.27. The van der Waals surface area contributed by atoms with Crippen molar-refractivity contribution in [3.05, 3.63) is 36.4 Å². The SMILES string of the molecule is C#CC.CC.CN=CN(C)CCCNC(=S)Nc1ccc(OC)c(OC)c1.COc1ccc(N=C=S)cc1OC. The predicted molar refractivity (Wildman–Crippen MR) is 176 cm³/mol. The number of ether oxygens (including phenoxy) is 4. The van der Waals surface area contributed by atoms with Crippen molar-refractivity contribution in [1.82, 2.24) is 10.2 Å². The number of hydrogen-bond donors (Lipinski definition) is 2. The van der Waals surface area contributed by atoms with Gasteiger partial charge in [-0.25, -0.2) is 0 Å². The van der Waals surface area contributed by atoms with E-state index in [2.05, 4.69) is 50.3 Å². The summed E-state index contributed by atoms with van der Waals surface area (Å²) in [5.74, 6) is 4.91. The number of thiocarbonyl (C=S) groups is 2. The third-order valence-corrected chi connectivity index (χ3v) is 4.81. The Bertz CT molecular complexity index is 1100. The molecule has 0 saturated carbocycles. The van der Waals surface area contributed by atoms with E-state index in [1.807, 2.05) is 44.0 Å². The predicted octanol–water partition coefficient (Wildman–Crippen LogP) is 6.07. The van der Waals surface area contributed by atoms with Gasteiger partial charge in [-0.15, -0.1) is 12.3 Å². The number of nitrogens with one attached hydrogen (secondary N) is 2. The fraction of sp³-hybridized carbons (Fsp3) is 0.414. The molecule has 0 saturated heterocycles. The van der Waals surface area contributed by atoms with Gasteiger partial charge in [-0.05, 0) is 62.0 Å². The van der Waals surface area contributed by atoms with Crippen molar-refractivity contribution < 1.29 is 18.9 Å². The highest BCUT2D eigenvalue weighted by Crippen LogP contribution is 2.31. The molecular weight excluding hydrogens is 546 g/mol. The van der Waals surface area contributed by atoms with Crippen LogP contribution in [-0.2, 0) is 0 Å². The molecule has 11 heteroatoms. The van der Waals surface area contributed by atoms with Gasteiger partial charge in [0.15, 0.2) is 28.1 Å². The molecule has 2 aromatic carbocycles. The molecule has 0 bridgehead atoms. The average molecular weight is 590 g/mol. The van der Waals surface area contributed by atoms with Crippen LogP contribution < -0.4 is 29.6 Å². The summed E-state index contributed by atoms with van der Waals surface area (Å²) in [5, 5.41) is 9.17. The molecule has 0 spiro atoms. The molecule has 40 heavy (non-hydrogen) atoms. The first-order valence-electron chi connectivity index (χ1n) is 12.4. The van der Waals surface area contributed by atoms with Gasteiger partial charge in [-0.1, -0.05) is 13.8 Å². The number of terminal acetylenes is 1. The molecule has 0 aliphatic rings. The third kappa shape index (κ3) is 16.9. The van der Waals surface area contributed by atoms with Crippen LogP contribution in [0.25, 0.3) is 0 Å². The number of methoxy groups -OCH3 is 4. The lowest BCUT2D eigenvalue weighted by Gasteiger charge is -2.15. The van der Waals surface area contributed by atoms with Crippen LogP contribution in [0.5, 0.6) is 23.0 Å². The number of isothiocyanates is 1. The maximum absolute atomic E-state index is 5.27. The standard InChI is InChI=1S/C15H24N4O2S.C9H9NO2S.C3H4.C2H6/c1-16-11-19(2)9-5-8-17-15(22)18-12-6-7-13(20-3)14(10-12)21-4;1-11-8-4-3-7(10-6-13)5-9(8)12-2;1-3-2;1-2/h6-7,10-11H,5,8-9H2,1-4H3,(H2,17,18,22);3-5H,1-2H3;1H,2H3;1-2H3.